The molecule has 0 aromatic carbocycles. The first-order valence-corrected chi connectivity index (χ1v) is 7.25. The lowest BCUT2D eigenvalue weighted by Crippen LogP contribution is -2.60. The summed E-state index contributed by atoms with van der Waals surface area (Å²) < 4.78 is 43.7. The fourth-order valence-electron chi connectivity index (χ4n) is 3.81. The Balaban J connectivity index is 2.02. The maximum atomic E-state index is 12.7. The number of fused-ring (bicyclic) bond motifs is 3. The van der Waals surface area contributed by atoms with Gasteiger partial charge in [0, 0.05) is 13.0 Å². The van der Waals surface area contributed by atoms with E-state index < -0.39 is 23.3 Å². The molecule has 1 heterocycles. The number of hydrogen-bond acceptors (Lipinski definition) is 3. The molecule has 0 radical (unpaired) electrons. The van der Waals surface area contributed by atoms with E-state index in [-0.39, 0.29) is 5.92 Å². The minimum absolute atomic E-state index is 0.332. The van der Waals surface area contributed by atoms with Crippen molar-refractivity contribution >= 4 is 11.6 Å². The zero-order chi connectivity index (χ0) is 16.0. The van der Waals surface area contributed by atoms with E-state index in [2.05, 4.69) is 10.3 Å². The van der Waals surface area contributed by atoms with Gasteiger partial charge in [0.15, 0.2) is 0 Å². The lowest BCUT2D eigenvalue weighted by atomic mass is 9.70. The van der Waals surface area contributed by atoms with E-state index >= 15 is 0 Å². The van der Waals surface area contributed by atoms with Crippen molar-refractivity contribution in [2.75, 3.05) is 7.11 Å². The fraction of sp³-hybridized carbons (Fsp3) is 0.600. The molecule has 1 fully saturated rings. The van der Waals surface area contributed by atoms with E-state index in [9.17, 15) is 18.0 Å². The van der Waals surface area contributed by atoms with Gasteiger partial charge < -0.3 is 10.1 Å². The van der Waals surface area contributed by atoms with Gasteiger partial charge in [-0.2, -0.15) is 13.2 Å². The van der Waals surface area contributed by atoms with E-state index in [1.807, 2.05) is 6.08 Å². The number of ether oxygens (including phenoxy) is 1. The zero-order valence-corrected chi connectivity index (χ0v) is 12.1. The number of amides is 1. The Kier molecular flexibility index (Phi) is 3.43. The van der Waals surface area contributed by atoms with Gasteiger partial charge in [0.1, 0.15) is 11.3 Å². The summed E-state index contributed by atoms with van der Waals surface area (Å²) in [6, 6.07) is 0. The van der Waals surface area contributed by atoms with E-state index in [1.54, 1.807) is 18.2 Å². The van der Waals surface area contributed by atoms with Crippen LogP contribution in [-0.2, 0) is 9.53 Å². The van der Waals surface area contributed by atoms with Crippen LogP contribution in [0, 0.1) is 5.92 Å². The van der Waals surface area contributed by atoms with Gasteiger partial charge in [0.2, 0.25) is 0 Å². The molecule has 0 aromatic rings. The van der Waals surface area contributed by atoms with Gasteiger partial charge in [-0.05, 0) is 31.4 Å². The molecular formula is C15H17F3N2O2. The van der Waals surface area contributed by atoms with Crippen LogP contribution in [0.3, 0.4) is 0 Å². The van der Waals surface area contributed by atoms with Crippen molar-refractivity contribution in [3.05, 3.63) is 24.3 Å². The van der Waals surface area contributed by atoms with Crippen molar-refractivity contribution in [2.24, 2.45) is 10.9 Å². The van der Waals surface area contributed by atoms with Crippen LogP contribution in [0.2, 0.25) is 0 Å². The number of aliphatic imine (C=N–C) groups is 1. The summed E-state index contributed by atoms with van der Waals surface area (Å²) in [7, 11) is 1.52. The van der Waals surface area contributed by atoms with Gasteiger partial charge in [0.05, 0.1) is 5.71 Å². The molecular weight excluding hydrogens is 297 g/mol. The average molecular weight is 314 g/mol. The van der Waals surface area contributed by atoms with E-state index in [0.717, 1.165) is 12.8 Å². The Hall–Kier alpha value is -1.63. The van der Waals surface area contributed by atoms with Crippen molar-refractivity contribution in [1.82, 2.24) is 5.32 Å². The third-order valence-electron chi connectivity index (χ3n) is 4.75. The quantitative estimate of drug-likeness (QED) is 0.851. The van der Waals surface area contributed by atoms with Crippen molar-refractivity contribution < 1.29 is 22.7 Å². The summed E-state index contributed by atoms with van der Waals surface area (Å²) in [6.07, 6.45) is 4.85. The molecule has 1 amide bonds. The van der Waals surface area contributed by atoms with Crippen LogP contribution in [-0.4, -0.2) is 36.2 Å². The van der Waals surface area contributed by atoms with Gasteiger partial charge in [0.25, 0.3) is 0 Å². The lowest BCUT2D eigenvalue weighted by Gasteiger charge is -2.44. The summed E-state index contributed by atoms with van der Waals surface area (Å²) in [4.78, 5) is 16.0. The molecule has 7 heteroatoms. The van der Waals surface area contributed by atoms with Gasteiger partial charge in [-0.25, -0.2) is 0 Å². The molecule has 3 atom stereocenters. The number of carbonyl (C=O) groups excluding carboxylic acids is 1. The highest BCUT2D eigenvalue weighted by Gasteiger charge is 2.61. The van der Waals surface area contributed by atoms with Gasteiger partial charge >= 0.3 is 12.1 Å². The molecule has 3 aliphatic rings. The molecule has 0 bridgehead atoms. The molecule has 4 nitrogen and oxygen atoms in total. The molecule has 120 valence electrons. The predicted molar refractivity (Wildman–Crippen MR) is 74.3 cm³/mol. The maximum Gasteiger partial charge on any atom is 0.471 e. The number of nitrogens with one attached hydrogen (secondary N) is 1. The Morgan fingerprint density at radius 1 is 1.41 bits per heavy atom. The molecule has 0 spiro atoms. The van der Waals surface area contributed by atoms with Gasteiger partial charge in [-0.1, -0.05) is 18.6 Å². The predicted octanol–water partition coefficient (Wildman–Crippen LogP) is 2.52. The Labute approximate surface area is 126 Å². The summed E-state index contributed by atoms with van der Waals surface area (Å²) in [6.45, 7) is 0. The van der Waals surface area contributed by atoms with Crippen molar-refractivity contribution in [3.63, 3.8) is 0 Å². The second-order valence-electron chi connectivity index (χ2n) is 5.89. The molecule has 0 unspecified atom stereocenters. The third kappa shape index (κ3) is 2.10. The van der Waals surface area contributed by atoms with Gasteiger partial charge in [-0.15, -0.1) is 0 Å². The highest BCUT2D eigenvalue weighted by atomic mass is 19.4. The number of halogens is 3. The third-order valence-corrected chi connectivity index (χ3v) is 4.75. The van der Waals surface area contributed by atoms with Crippen LogP contribution in [0.4, 0.5) is 13.2 Å². The highest BCUT2D eigenvalue weighted by molar-refractivity contribution is 6.07. The number of methoxy groups -OCH3 is 1. The van der Waals surface area contributed by atoms with E-state index in [0.29, 0.717) is 18.6 Å². The highest BCUT2D eigenvalue weighted by Crippen LogP contribution is 2.50. The molecule has 2 aliphatic carbocycles. The molecule has 3 rings (SSSR count). The maximum absolute atomic E-state index is 12.7. The first kappa shape index (κ1) is 15.3. The Morgan fingerprint density at radius 2 is 2.18 bits per heavy atom. The first-order chi connectivity index (χ1) is 10.3. The number of allylic oxidation sites excluding steroid dienone is 2. The van der Waals surface area contributed by atoms with Crippen molar-refractivity contribution in [1.29, 1.82) is 0 Å². The number of carbonyl (C=O) groups is 1. The van der Waals surface area contributed by atoms with E-state index in [4.69, 9.17) is 4.74 Å². The van der Waals surface area contributed by atoms with Crippen LogP contribution in [0.1, 0.15) is 25.7 Å². The van der Waals surface area contributed by atoms with Crippen LogP contribution in [0.5, 0.6) is 0 Å². The molecule has 1 aliphatic heterocycles. The monoisotopic (exact) mass is 314 g/mol. The minimum Gasteiger partial charge on any atom is -0.367 e. The molecule has 22 heavy (non-hydrogen) atoms. The SMILES string of the molecule is CO[C@]12C=CC=CC1=N[C@@]1(NC(=O)C(F)(F)F)CCCC[C@H]12. The van der Waals surface area contributed by atoms with Crippen LogP contribution < -0.4 is 5.32 Å². The number of nitrogens with zero attached hydrogens (tertiary/aromatic N) is 1. The molecule has 1 N–H and O–H groups in total. The summed E-state index contributed by atoms with van der Waals surface area (Å²) in [5.41, 5.74) is -1.52. The summed E-state index contributed by atoms with van der Waals surface area (Å²) in [5, 5.41) is 2.15. The van der Waals surface area contributed by atoms with Crippen LogP contribution >= 0.6 is 0 Å². The Morgan fingerprint density at radius 3 is 2.86 bits per heavy atom. The standard InChI is InChI=1S/C15H17F3N2O2/c1-22-13-8-4-3-7-11(13)19-14(9-5-2-6-10(13)14)20-12(21)15(16,17)18/h3-4,7-8,10H,2,5-6,9H2,1H3,(H,20,21)/t10-,13-,14+/m0/s1. The normalized spacial score (nSPS) is 36.5. The summed E-state index contributed by atoms with van der Waals surface area (Å²) >= 11 is 0. The Bertz CT molecular complexity index is 582. The van der Waals surface area contributed by atoms with Crippen LogP contribution in [0.25, 0.3) is 0 Å². The lowest BCUT2D eigenvalue weighted by molar-refractivity contribution is -0.177. The average Bonchev–Trinajstić information content (AvgIpc) is 2.76. The van der Waals surface area contributed by atoms with Crippen molar-refractivity contribution in [3.8, 4) is 0 Å². The number of hydrogen-bond donors (Lipinski definition) is 1. The zero-order valence-electron chi connectivity index (χ0n) is 12.1. The first-order valence-electron chi connectivity index (χ1n) is 7.25. The molecule has 0 aromatic heterocycles. The second kappa shape index (κ2) is 4.94. The number of rotatable bonds is 2. The molecule has 0 saturated heterocycles. The largest absolute Gasteiger partial charge is 0.471 e. The fourth-order valence-corrected chi connectivity index (χ4v) is 3.81. The van der Waals surface area contributed by atoms with Crippen LogP contribution in [0.15, 0.2) is 29.3 Å². The minimum atomic E-state index is -4.92. The van der Waals surface area contributed by atoms with Crippen molar-refractivity contribution in [2.45, 2.75) is 43.1 Å². The molecule has 1 saturated carbocycles. The number of alkyl halides is 3. The van der Waals surface area contributed by atoms with Gasteiger partial charge in [-0.3, -0.25) is 9.79 Å². The smallest absolute Gasteiger partial charge is 0.367 e. The van der Waals surface area contributed by atoms with E-state index in [1.165, 1.54) is 7.11 Å². The second-order valence-corrected chi connectivity index (χ2v) is 5.89. The summed E-state index contributed by atoms with van der Waals surface area (Å²) in [5.74, 6) is -2.28. The topological polar surface area (TPSA) is 50.7 Å².